The van der Waals surface area contributed by atoms with Crippen molar-refractivity contribution in [3.63, 3.8) is 0 Å². The van der Waals surface area contributed by atoms with E-state index >= 15 is 0 Å². The molecule has 1 aliphatic rings. The summed E-state index contributed by atoms with van der Waals surface area (Å²) in [6, 6.07) is 0. The highest BCUT2D eigenvalue weighted by atomic mass is 15.2. The summed E-state index contributed by atoms with van der Waals surface area (Å²) in [7, 11) is 4.13. The Bertz CT molecular complexity index is 84.4. The fourth-order valence-corrected chi connectivity index (χ4v) is 1.09. The van der Waals surface area contributed by atoms with Crippen LogP contribution in [0.5, 0.6) is 0 Å². The Hall–Kier alpha value is -0.120. The molecule has 0 bridgehead atoms. The number of hydrogen-bond donors (Lipinski definition) is 2. The minimum Gasteiger partial charge on any atom is -0.304 e. The zero-order valence-corrected chi connectivity index (χ0v) is 6.15. The maximum Gasteiger partial charge on any atom is 0.0700 e. The molecule has 1 saturated heterocycles. The Labute approximate surface area is 56.4 Å². The predicted molar refractivity (Wildman–Crippen MR) is 38.3 cm³/mol. The lowest BCUT2D eigenvalue weighted by molar-refractivity contribution is 0.222. The fourth-order valence-electron chi connectivity index (χ4n) is 1.09. The standard InChI is InChI=1S/C6H15N3/c1-7-6-5-9(2)4-3-8-6/h6-8H,3-5H2,1-2H3. The van der Waals surface area contributed by atoms with E-state index in [1.54, 1.807) is 0 Å². The van der Waals surface area contributed by atoms with Gasteiger partial charge < -0.3 is 10.2 Å². The smallest absolute Gasteiger partial charge is 0.0700 e. The minimum absolute atomic E-state index is 0.490. The molecule has 1 heterocycles. The van der Waals surface area contributed by atoms with E-state index in [-0.39, 0.29) is 0 Å². The van der Waals surface area contributed by atoms with E-state index in [1.807, 2.05) is 7.05 Å². The molecule has 1 atom stereocenters. The predicted octanol–water partition coefficient (Wildman–Crippen LogP) is -0.933. The molecule has 0 amide bonds. The molecule has 54 valence electrons. The Kier molecular flexibility index (Phi) is 2.45. The highest BCUT2D eigenvalue weighted by Gasteiger charge is 2.12. The largest absolute Gasteiger partial charge is 0.304 e. The third kappa shape index (κ3) is 1.93. The van der Waals surface area contributed by atoms with Gasteiger partial charge in [-0.2, -0.15) is 0 Å². The van der Waals surface area contributed by atoms with Crippen molar-refractivity contribution >= 4 is 0 Å². The van der Waals surface area contributed by atoms with Gasteiger partial charge in [-0.25, -0.2) is 0 Å². The number of nitrogens with one attached hydrogen (secondary N) is 2. The summed E-state index contributed by atoms with van der Waals surface area (Å²) in [5.74, 6) is 0. The quantitative estimate of drug-likeness (QED) is 0.479. The van der Waals surface area contributed by atoms with Crippen LogP contribution in [0.1, 0.15) is 0 Å². The van der Waals surface area contributed by atoms with Gasteiger partial charge in [-0.05, 0) is 14.1 Å². The first-order valence-electron chi connectivity index (χ1n) is 3.42. The van der Waals surface area contributed by atoms with Gasteiger partial charge in [0.05, 0.1) is 6.17 Å². The van der Waals surface area contributed by atoms with Crippen LogP contribution < -0.4 is 10.6 Å². The van der Waals surface area contributed by atoms with Crippen molar-refractivity contribution in [3.05, 3.63) is 0 Å². The van der Waals surface area contributed by atoms with Crippen LogP contribution in [0.15, 0.2) is 0 Å². The van der Waals surface area contributed by atoms with Crippen LogP contribution in [0.4, 0.5) is 0 Å². The van der Waals surface area contributed by atoms with Crippen molar-refractivity contribution in [2.45, 2.75) is 6.17 Å². The number of rotatable bonds is 1. The molecule has 1 unspecified atom stereocenters. The molecule has 9 heavy (non-hydrogen) atoms. The van der Waals surface area contributed by atoms with Crippen LogP contribution in [-0.4, -0.2) is 44.8 Å². The molecule has 2 N–H and O–H groups in total. The lowest BCUT2D eigenvalue weighted by Gasteiger charge is -2.30. The molecule has 1 aliphatic heterocycles. The zero-order valence-electron chi connectivity index (χ0n) is 6.15. The normalized spacial score (nSPS) is 30.7. The van der Waals surface area contributed by atoms with Crippen molar-refractivity contribution in [3.8, 4) is 0 Å². The van der Waals surface area contributed by atoms with E-state index < -0.39 is 0 Å². The van der Waals surface area contributed by atoms with Gasteiger partial charge in [-0.15, -0.1) is 0 Å². The highest BCUT2D eigenvalue weighted by Crippen LogP contribution is 1.90. The van der Waals surface area contributed by atoms with E-state index in [4.69, 9.17) is 0 Å². The number of nitrogens with zero attached hydrogens (tertiary/aromatic N) is 1. The molecular formula is C6H15N3. The van der Waals surface area contributed by atoms with E-state index in [0.29, 0.717) is 6.17 Å². The van der Waals surface area contributed by atoms with Gasteiger partial charge in [-0.1, -0.05) is 0 Å². The number of hydrogen-bond acceptors (Lipinski definition) is 3. The van der Waals surface area contributed by atoms with Gasteiger partial charge in [-0.3, -0.25) is 5.32 Å². The van der Waals surface area contributed by atoms with Gasteiger partial charge in [0.25, 0.3) is 0 Å². The molecule has 0 spiro atoms. The Balaban J connectivity index is 2.23. The first-order valence-corrected chi connectivity index (χ1v) is 3.42. The molecule has 0 saturated carbocycles. The van der Waals surface area contributed by atoms with Crippen LogP contribution in [0.2, 0.25) is 0 Å². The van der Waals surface area contributed by atoms with Crippen LogP contribution >= 0.6 is 0 Å². The summed E-state index contributed by atoms with van der Waals surface area (Å²) in [5.41, 5.74) is 0. The van der Waals surface area contributed by atoms with Crippen molar-refractivity contribution in [1.29, 1.82) is 0 Å². The van der Waals surface area contributed by atoms with Gasteiger partial charge >= 0.3 is 0 Å². The highest BCUT2D eigenvalue weighted by molar-refractivity contribution is 4.72. The summed E-state index contributed by atoms with van der Waals surface area (Å²) in [6.07, 6.45) is 0.490. The molecule has 0 aromatic rings. The topological polar surface area (TPSA) is 27.3 Å². The van der Waals surface area contributed by atoms with Crippen LogP contribution in [0, 0.1) is 0 Å². The lowest BCUT2D eigenvalue weighted by Crippen LogP contribution is -2.54. The number of piperazine rings is 1. The second-order valence-electron chi connectivity index (χ2n) is 2.56. The Morgan fingerprint density at radius 1 is 1.67 bits per heavy atom. The molecule has 0 aromatic carbocycles. The summed E-state index contributed by atoms with van der Waals surface area (Å²) in [6.45, 7) is 3.37. The second-order valence-corrected chi connectivity index (χ2v) is 2.56. The second kappa shape index (κ2) is 3.15. The summed E-state index contributed by atoms with van der Waals surface area (Å²) >= 11 is 0. The van der Waals surface area contributed by atoms with Crippen LogP contribution in [-0.2, 0) is 0 Å². The molecule has 1 rings (SSSR count). The van der Waals surface area contributed by atoms with Crippen LogP contribution in [0.3, 0.4) is 0 Å². The first kappa shape index (κ1) is 6.99. The monoisotopic (exact) mass is 129 g/mol. The van der Waals surface area contributed by atoms with Crippen molar-refractivity contribution in [2.24, 2.45) is 0 Å². The van der Waals surface area contributed by atoms with E-state index in [1.165, 1.54) is 0 Å². The van der Waals surface area contributed by atoms with Gasteiger partial charge in [0.15, 0.2) is 0 Å². The average Bonchev–Trinajstić information content (AvgIpc) is 1.88. The Morgan fingerprint density at radius 3 is 2.89 bits per heavy atom. The summed E-state index contributed by atoms with van der Waals surface area (Å²) in [5, 5.41) is 6.53. The SMILES string of the molecule is CNC1CN(C)CCN1. The number of likely N-dealkylation sites (N-methyl/N-ethyl adjacent to an activating group) is 2. The first-order chi connectivity index (χ1) is 4.33. The molecule has 3 nitrogen and oxygen atoms in total. The Morgan fingerprint density at radius 2 is 2.44 bits per heavy atom. The molecule has 1 fully saturated rings. The molecular weight excluding hydrogens is 114 g/mol. The molecule has 0 radical (unpaired) electrons. The average molecular weight is 129 g/mol. The minimum atomic E-state index is 0.490. The molecule has 0 aromatic heterocycles. The van der Waals surface area contributed by atoms with Crippen molar-refractivity contribution in [2.75, 3.05) is 33.7 Å². The van der Waals surface area contributed by atoms with Gasteiger partial charge in [0.1, 0.15) is 0 Å². The fraction of sp³-hybridized carbons (Fsp3) is 1.00. The summed E-state index contributed by atoms with van der Waals surface area (Å²) in [4.78, 5) is 2.32. The van der Waals surface area contributed by atoms with Gasteiger partial charge in [0, 0.05) is 19.6 Å². The van der Waals surface area contributed by atoms with E-state index in [0.717, 1.165) is 19.6 Å². The van der Waals surface area contributed by atoms with E-state index in [9.17, 15) is 0 Å². The van der Waals surface area contributed by atoms with E-state index in [2.05, 4.69) is 22.6 Å². The maximum absolute atomic E-state index is 3.35. The van der Waals surface area contributed by atoms with Crippen molar-refractivity contribution < 1.29 is 0 Å². The molecule has 3 heteroatoms. The third-order valence-electron chi connectivity index (χ3n) is 1.73. The third-order valence-corrected chi connectivity index (χ3v) is 1.73. The zero-order chi connectivity index (χ0) is 6.69. The lowest BCUT2D eigenvalue weighted by atomic mass is 10.3. The maximum atomic E-state index is 3.35. The summed E-state index contributed by atoms with van der Waals surface area (Å²) < 4.78 is 0. The van der Waals surface area contributed by atoms with Crippen LogP contribution in [0.25, 0.3) is 0 Å². The molecule has 0 aliphatic carbocycles. The van der Waals surface area contributed by atoms with Crippen molar-refractivity contribution in [1.82, 2.24) is 15.5 Å². The van der Waals surface area contributed by atoms with Gasteiger partial charge in [0.2, 0.25) is 0 Å².